The standard InChI is InChI=1S/C17H20N4O2/c1-11(2)21-15(8-9-18-21)19-16(22)14-10-20(3)17(23)13-7-5-4-6-12(13)14/h4-9,11,14H,10H2,1-3H3,(H,19,22). The van der Waals surface area contributed by atoms with Crippen LogP contribution in [0.1, 0.15) is 41.7 Å². The van der Waals surface area contributed by atoms with Crippen LogP contribution in [0.4, 0.5) is 5.82 Å². The Morgan fingerprint density at radius 1 is 1.30 bits per heavy atom. The Bertz CT molecular complexity index is 751. The average Bonchev–Trinajstić information content (AvgIpc) is 2.99. The van der Waals surface area contributed by atoms with Crippen LogP contribution < -0.4 is 5.32 Å². The first-order valence-corrected chi connectivity index (χ1v) is 7.67. The summed E-state index contributed by atoms with van der Waals surface area (Å²) in [5, 5.41) is 7.16. The van der Waals surface area contributed by atoms with Crippen LogP contribution in [-0.2, 0) is 4.79 Å². The Balaban J connectivity index is 1.89. The van der Waals surface area contributed by atoms with Crippen LogP contribution in [0, 0.1) is 0 Å². The van der Waals surface area contributed by atoms with Gasteiger partial charge in [-0.3, -0.25) is 9.59 Å². The Morgan fingerprint density at radius 2 is 2.04 bits per heavy atom. The van der Waals surface area contributed by atoms with Gasteiger partial charge in [-0.1, -0.05) is 18.2 Å². The lowest BCUT2D eigenvalue weighted by molar-refractivity contribution is -0.118. The predicted molar refractivity (Wildman–Crippen MR) is 87.4 cm³/mol. The minimum absolute atomic E-state index is 0.0446. The first-order chi connectivity index (χ1) is 11.0. The van der Waals surface area contributed by atoms with E-state index in [9.17, 15) is 9.59 Å². The number of anilines is 1. The number of rotatable bonds is 3. The summed E-state index contributed by atoms with van der Waals surface area (Å²) in [5.74, 6) is 0.113. The first kappa shape index (κ1) is 15.3. The molecular formula is C17H20N4O2. The van der Waals surface area contributed by atoms with Gasteiger partial charge >= 0.3 is 0 Å². The molecule has 6 heteroatoms. The van der Waals surface area contributed by atoms with E-state index in [1.54, 1.807) is 35.0 Å². The second kappa shape index (κ2) is 5.87. The number of amides is 2. The fourth-order valence-corrected chi connectivity index (χ4v) is 2.92. The number of nitrogens with zero attached hydrogens (tertiary/aromatic N) is 3. The predicted octanol–water partition coefficient (Wildman–Crippen LogP) is 2.27. The van der Waals surface area contributed by atoms with Gasteiger partial charge in [-0.25, -0.2) is 4.68 Å². The van der Waals surface area contributed by atoms with Crippen molar-refractivity contribution in [1.82, 2.24) is 14.7 Å². The molecule has 0 radical (unpaired) electrons. The summed E-state index contributed by atoms with van der Waals surface area (Å²) in [4.78, 5) is 26.6. The van der Waals surface area contributed by atoms with Crippen molar-refractivity contribution in [2.45, 2.75) is 25.8 Å². The number of aromatic nitrogens is 2. The zero-order chi connectivity index (χ0) is 16.6. The van der Waals surface area contributed by atoms with Gasteiger partial charge in [-0.2, -0.15) is 5.10 Å². The Labute approximate surface area is 135 Å². The van der Waals surface area contributed by atoms with E-state index in [0.29, 0.717) is 17.9 Å². The fraction of sp³-hybridized carbons (Fsp3) is 0.353. The van der Waals surface area contributed by atoms with Gasteiger partial charge in [0.25, 0.3) is 5.91 Å². The van der Waals surface area contributed by atoms with Crippen molar-refractivity contribution in [2.24, 2.45) is 0 Å². The van der Waals surface area contributed by atoms with Crippen molar-refractivity contribution >= 4 is 17.6 Å². The molecule has 2 amide bonds. The molecule has 1 aliphatic rings. The zero-order valence-corrected chi connectivity index (χ0v) is 13.5. The summed E-state index contributed by atoms with van der Waals surface area (Å²) in [5.41, 5.74) is 1.38. The Kier molecular flexibility index (Phi) is 3.90. The third kappa shape index (κ3) is 2.72. The lowest BCUT2D eigenvalue weighted by atomic mass is 9.89. The van der Waals surface area contributed by atoms with Crippen LogP contribution in [0.15, 0.2) is 36.5 Å². The minimum Gasteiger partial charge on any atom is -0.341 e. The summed E-state index contributed by atoms with van der Waals surface area (Å²) in [6, 6.07) is 9.23. The summed E-state index contributed by atoms with van der Waals surface area (Å²) in [6.45, 7) is 4.38. The summed E-state index contributed by atoms with van der Waals surface area (Å²) in [6.07, 6.45) is 1.67. The van der Waals surface area contributed by atoms with Gasteiger partial charge in [0, 0.05) is 31.3 Å². The molecule has 1 aliphatic heterocycles. The monoisotopic (exact) mass is 312 g/mol. The quantitative estimate of drug-likeness (QED) is 0.945. The smallest absolute Gasteiger partial charge is 0.253 e. The molecule has 0 saturated heterocycles. The van der Waals surface area contributed by atoms with E-state index in [0.717, 1.165) is 5.56 Å². The fourth-order valence-electron chi connectivity index (χ4n) is 2.92. The van der Waals surface area contributed by atoms with E-state index in [2.05, 4.69) is 10.4 Å². The van der Waals surface area contributed by atoms with Crippen molar-refractivity contribution in [1.29, 1.82) is 0 Å². The molecule has 1 atom stereocenters. The van der Waals surface area contributed by atoms with Crippen molar-refractivity contribution in [3.8, 4) is 0 Å². The van der Waals surface area contributed by atoms with E-state index >= 15 is 0 Å². The number of fused-ring (bicyclic) bond motifs is 1. The summed E-state index contributed by atoms with van der Waals surface area (Å²) >= 11 is 0. The second-order valence-electron chi connectivity index (χ2n) is 6.07. The van der Waals surface area contributed by atoms with Gasteiger partial charge in [0.2, 0.25) is 5.91 Å². The number of carbonyl (C=O) groups excluding carboxylic acids is 2. The van der Waals surface area contributed by atoms with E-state index in [1.807, 2.05) is 32.0 Å². The third-order valence-corrected chi connectivity index (χ3v) is 4.10. The Morgan fingerprint density at radius 3 is 2.78 bits per heavy atom. The van der Waals surface area contributed by atoms with E-state index in [-0.39, 0.29) is 23.8 Å². The highest BCUT2D eigenvalue weighted by molar-refractivity contribution is 6.03. The van der Waals surface area contributed by atoms with Crippen molar-refractivity contribution in [2.75, 3.05) is 18.9 Å². The second-order valence-corrected chi connectivity index (χ2v) is 6.07. The van der Waals surface area contributed by atoms with Gasteiger partial charge in [-0.05, 0) is 25.5 Å². The van der Waals surface area contributed by atoms with Crippen LogP contribution in [0.2, 0.25) is 0 Å². The molecule has 23 heavy (non-hydrogen) atoms. The topological polar surface area (TPSA) is 67.2 Å². The van der Waals surface area contributed by atoms with Crippen molar-refractivity contribution in [3.05, 3.63) is 47.7 Å². The van der Waals surface area contributed by atoms with Crippen molar-refractivity contribution < 1.29 is 9.59 Å². The number of hydrogen-bond acceptors (Lipinski definition) is 3. The molecule has 0 spiro atoms. The zero-order valence-electron chi connectivity index (χ0n) is 13.5. The van der Waals surface area contributed by atoms with E-state index < -0.39 is 0 Å². The number of likely N-dealkylation sites (N-methyl/N-ethyl adjacent to an activating group) is 1. The van der Waals surface area contributed by atoms with Crippen LogP contribution >= 0.6 is 0 Å². The average molecular weight is 312 g/mol. The van der Waals surface area contributed by atoms with Crippen LogP contribution in [0.3, 0.4) is 0 Å². The highest BCUT2D eigenvalue weighted by atomic mass is 16.2. The molecule has 3 rings (SSSR count). The van der Waals surface area contributed by atoms with Gasteiger partial charge in [0.05, 0.1) is 12.1 Å². The third-order valence-electron chi connectivity index (χ3n) is 4.10. The maximum atomic E-state index is 12.8. The number of carbonyl (C=O) groups is 2. The molecule has 6 nitrogen and oxygen atoms in total. The maximum Gasteiger partial charge on any atom is 0.253 e. The first-order valence-electron chi connectivity index (χ1n) is 7.67. The largest absolute Gasteiger partial charge is 0.341 e. The summed E-state index contributed by atoms with van der Waals surface area (Å²) in [7, 11) is 1.72. The Hall–Kier alpha value is -2.63. The van der Waals surface area contributed by atoms with E-state index in [4.69, 9.17) is 0 Å². The molecule has 0 fully saturated rings. The van der Waals surface area contributed by atoms with Crippen LogP contribution in [0.25, 0.3) is 0 Å². The molecule has 0 aliphatic carbocycles. The van der Waals surface area contributed by atoms with E-state index in [1.165, 1.54) is 0 Å². The highest BCUT2D eigenvalue weighted by Crippen LogP contribution is 2.28. The molecule has 2 aromatic rings. The normalized spacial score (nSPS) is 17.3. The molecule has 0 saturated carbocycles. The van der Waals surface area contributed by atoms with Crippen LogP contribution in [-0.4, -0.2) is 40.1 Å². The summed E-state index contributed by atoms with van der Waals surface area (Å²) < 4.78 is 1.77. The lowest BCUT2D eigenvalue weighted by Crippen LogP contribution is -2.41. The molecule has 1 aromatic carbocycles. The minimum atomic E-state index is -0.385. The number of benzene rings is 1. The molecule has 120 valence electrons. The van der Waals surface area contributed by atoms with Gasteiger partial charge in [0.1, 0.15) is 5.82 Å². The molecule has 0 bridgehead atoms. The van der Waals surface area contributed by atoms with Crippen LogP contribution in [0.5, 0.6) is 0 Å². The van der Waals surface area contributed by atoms with Gasteiger partial charge in [-0.15, -0.1) is 0 Å². The lowest BCUT2D eigenvalue weighted by Gasteiger charge is -2.31. The molecule has 1 aromatic heterocycles. The van der Waals surface area contributed by atoms with Gasteiger partial charge in [0.15, 0.2) is 0 Å². The SMILES string of the molecule is CC(C)n1nccc1NC(=O)C1CN(C)C(=O)c2ccccc21. The number of hydrogen-bond donors (Lipinski definition) is 1. The van der Waals surface area contributed by atoms with Crippen molar-refractivity contribution in [3.63, 3.8) is 0 Å². The molecule has 1 unspecified atom stereocenters. The van der Waals surface area contributed by atoms with Gasteiger partial charge < -0.3 is 10.2 Å². The molecule has 2 heterocycles. The molecular weight excluding hydrogens is 292 g/mol. The highest BCUT2D eigenvalue weighted by Gasteiger charge is 2.33. The number of nitrogens with one attached hydrogen (secondary N) is 1. The maximum absolute atomic E-state index is 12.8. The molecule has 1 N–H and O–H groups in total.